The zero-order valence-corrected chi connectivity index (χ0v) is 19.3. The normalized spacial score (nSPS) is 18.7. The van der Waals surface area contributed by atoms with Crippen molar-refractivity contribution in [1.29, 1.82) is 0 Å². The summed E-state index contributed by atoms with van der Waals surface area (Å²) in [6.45, 7) is 2.26. The van der Waals surface area contributed by atoms with E-state index in [1.165, 1.54) is 6.07 Å². The molecule has 5 rings (SSSR count). The number of hydrogen-bond donors (Lipinski definition) is 2. The summed E-state index contributed by atoms with van der Waals surface area (Å²) in [5.74, 6) is 0.315. The number of carboxylic acid groups (broad SMARTS) is 1. The van der Waals surface area contributed by atoms with Crippen LogP contribution in [-0.2, 0) is 4.79 Å². The summed E-state index contributed by atoms with van der Waals surface area (Å²) in [4.78, 5) is 11.7. The topological polar surface area (TPSA) is 67.8 Å². The van der Waals surface area contributed by atoms with Crippen molar-refractivity contribution in [3.8, 4) is 22.6 Å². The first-order chi connectivity index (χ1) is 16.4. The van der Waals surface area contributed by atoms with Crippen LogP contribution in [0.1, 0.15) is 42.9 Å². The van der Waals surface area contributed by atoms with Gasteiger partial charge in [0.05, 0.1) is 24.8 Å². The Balaban J connectivity index is 1.37. The Morgan fingerprint density at radius 1 is 1.12 bits per heavy atom. The second kappa shape index (κ2) is 9.01. The van der Waals surface area contributed by atoms with Gasteiger partial charge in [-0.3, -0.25) is 4.79 Å². The van der Waals surface area contributed by atoms with E-state index in [1.54, 1.807) is 26.2 Å². The van der Waals surface area contributed by atoms with Crippen LogP contribution in [0.5, 0.6) is 11.5 Å². The standard InChI is InChI=1S/C28H28FNO4/c1-16(28(31)32)27(19-7-8-19)20-9-12-26-24(13-20)30-25(15-34-26)18-5-3-17(4-6-18)22-14-21(33-2)10-11-23(22)29/h3-6,9-14,16,19,25,27,30H,7-8,15H2,1-2H3,(H,31,32)/t16-,25+,27-/m0/s1. The van der Waals surface area contributed by atoms with Crippen LogP contribution in [0.3, 0.4) is 0 Å². The van der Waals surface area contributed by atoms with Gasteiger partial charge in [0.1, 0.15) is 23.9 Å². The minimum Gasteiger partial charge on any atom is -0.497 e. The van der Waals surface area contributed by atoms with E-state index in [0.717, 1.165) is 41.0 Å². The van der Waals surface area contributed by atoms with Crippen LogP contribution in [-0.4, -0.2) is 24.8 Å². The number of ether oxygens (including phenoxy) is 2. The summed E-state index contributed by atoms with van der Waals surface area (Å²) >= 11 is 0. The van der Waals surface area contributed by atoms with Crippen LogP contribution in [0.15, 0.2) is 60.7 Å². The van der Waals surface area contributed by atoms with Gasteiger partial charge in [0.25, 0.3) is 0 Å². The molecule has 0 saturated heterocycles. The predicted octanol–water partition coefficient (Wildman–Crippen LogP) is 6.26. The minimum absolute atomic E-state index is 0.00187. The molecule has 3 aromatic rings. The van der Waals surface area contributed by atoms with Crippen molar-refractivity contribution < 1.29 is 23.8 Å². The molecule has 0 bridgehead atoms. The molecule has 176 valence electrons. The molecule has 1 aliphatic heterocycles. The van der Waals surface area contributed by atoms with Crippen molar-refractivity contribution in [1.82, 2.24) is 0 Å². The Morgan fingerprint density at radius 3 is 2.56 bits per heavy atom. The highest BCUT2D eigenvalue weighted by Crippen LogP contribution is 2.48. The third-order valence-electron chi connectivity index (χ3n) is 6.98. The molecule has 6 heteroatoms. The average molecular weight is 462 g/mol. The maximum atomic E-state index is 14.4. The fourth-order valence-corrected chi connectivity index (χ4v) is 4.90. The van der Waals surface area contributed by atoms with Crippen molar-refractivity contribution in [2.45, 2.75) is 31.7 Å². The second-order valence-corrected chi connectivity index (χ2v) is 9.22. The molecule has 2 aliphatic rings. The molecule has 1 aliphatic carbocycles. The largest absolute Gasteiger partial charge is 0.497 e. The van der Waals surface area contributed by atoms with Crippen molar-refractivity contribution in [2.75, 3.05) is 19.0 Å². The van der Waals surface area contributed by atoms with E-state index in [4.69, 9.17) is 9.47 Å². The highest BCUT2D eigenvalue weighted by molar-refractivity contribution is 5.72. The van der Waals surface area contributed by atoms with Gasteiger partial charge in [-0.05, 0) is 71.7 Å². The van der Waals surface area contributed by atoms with Gasteiger partial charge < -0.3 is 19.9 Å². The quantitative estimate of drug-likeness (QED) is 0.435. The first-order valence-electron chi connectivity index (χ1n) is 11.6. The highest BCUT2D eigenvalue weighted by Gasteiger charge is 2.39. The second-order valence-electron chi connectivity index (χ2n) is 9.22. The van der Waals surface area contributed by atoms with Crippen molar-refractivity contribution in [3.63, 3.8) is 0 Å². The van der Waals surface area contributed by atoms with E-state index in [9.17, 15) is 14.3 Å². The Morgan fingerprint density at radius 2 is 1.88 bits per heavy atom. The molecule has 3 atom stereocenters. The Hall–Kier alpha value is -3.54. The SMILES string of the molecule is COc1ccc(F)c(-c2ccc([C@H]3COc4ccc([C@H](C5CC5)[C@H](C)C(=O)O)cc4N3)cc2)c1. The Bertz CT molecular complexity index is 1210. The van der Waals surface area contributed by atoms with Crippen molar-refractivity contribution >= 4 is 11.7 Å². The van der Waals surface area contributed by atoms with E-state index in [2.05, 4.69) is 5.32 Å². The van der Waals surface area contributed by atoms with E-state index >= 15 is 0 Å². The Labute approximate surface area is 198 Å². The van der Waals surface area contributed by atoms with Crippen molar-refractivity contribution in [2.24, 2.45) is 11.8 Å². The maximum Gasteiger partial charge on any atom is 0.306 e. The number of methoxy groups -OCH3 is 1. The van der Waals surface area contributed by atoms with Crippen LogP contribution < -0.4 is 14.8 Å². The number of benzene rings is 3. The molecule has 1 heterocycles. The Kier molecular flexibility index (Phi) is 5.90. The van der Waals surface area contributed by atoms with Gasteiger partial charge >= 0.3 is 5.97 Å². The molecule has 34 heavy (non-hydrogen) atoms. The molecule has 0 unspecified atom stereocenters. The molecule has 0 amide bonds. The lowest BCUT2D eigenvalue weighted by molar-refractivity contribution is -0.142. The van der Waals surface area contributed by atoms with Gasteiger partial charge in [-0.25, -0.2) is 4.39 Å². The lowest BCUT2D eigenvalue weighted by atomic mass is 9.83. The first-order valence-corrected chi connectivity index (χ1v) is 11.6. The number of halogens is 1. The predicted molar refractivity (Wildman–Crippen MR) is 129 cm³/mol. The van der Waals surface area contributed by atoms with E-state index < -0.39 is 11.9 Å². The van der Waals surface area contributed by atoms with Gasteiger partial charge in [-0.2, -0.15) is 0 Å². The van der Waals surface area contributed by atoms with E-state index in [-0.39, 0.29) is 17.8 Å². The monoisotopic (exact) mass is 461 g/mol. The summed E-state index contributed by atoms with van der Waals surface area (Å²) in [5.41, 5.74) is 4.21. The number of aliphatic carboxylic acids is 1. The lowest BCUT2D eigenvalue weighted by Crippen LogP contribution is -2.25. The summed E-state index contributed by atoms with van der Waals surface area (Å²) in [7, 11) is 1.56. The van der Waals surface area contributed by atoms with Gasteiger partial charge in [-0.1, -0.05) is 37.3 Å². The number of carboxylic acids is 1. The molecule has 5 nitrogen and oxygen atoms in total. The third kappa shape index (κ3) is 4.32. The zero-order chi connectivity index (χ0) is 23.8. The summed E-state index contributed by atoms with van der Waals surface area (Å²) in [6.07, 6.45) is 2.15. The van der Waals surface area contributed by atoms with Gasteiger partial charge in [-0.15, -0.1) is 0 Å². The highest BCUT2D eigenvalue weighted by atomic mass is 19.1. The van der Waals surface area contributed by atoms with Crippen LogP contribution in [0, 0.1) is 17.7 Å². The molecule has 0 aromatic heterocycles. The third-order valence-corrected chi connectivity index (χ3v) is 6.98. The zero-order valence-electron chi connectivity index (χ0n) is 19.3. The fraction of sp³-hybridized carbons (Fsp3) is 0.321. The molecule has 3 aromatic carbocycles. The smallest absolute Gasteiger partial charge is 0.306 e. The number of nitrogens with one attached hydrogen (secondary N) is 1. The van der Waals surface area contributed by atoms with E-state index in [0.29, 0.717) is 23.8 Å². The molecule has 0 spiro atoms. The average Bonchev–Trinajstić information content (AvgIpc) is 3.69. The summed E-state index contributed by atoms with van der Waals surface area (Å²) < 4.78 is 25.6. The van der Waals surface area contributed by atoms with E-state index in [1.807, 2.05) is 42.5 Å². The molecule has 0 radical (unpaired) electrons. The number of rotatable bonds is 7. The first kappa shape index (κ1) is 22.3. The lowest BCUT2D eigenvalue weighted by Gasteiger charge is -2.30. The molecular weight excluding hydrogens is 433 g/mol. The summed E-state index contributed by atoms with van der Waals surface area (Å²) in [6, 6.07) is 18.4. The number of fused-ring (bicyclic) bond motifs is 1. The van der Waals surface area contributed by atoms with Gasteiger partial charge in [0, 0.05) is 5.56 Å². The number of carbonyl (C=O) groups is 1. The molecule has 1 saturated carbocycles. The van der Waals surface area contributed by atoms with Crippen LogP contribution in [0.2, 0.25) is 0 Å². The minimum atomic E-state index is -0.760. The number of hydrogen-bond acceptors (Lipinski definition) is 4. The summed E-state index contributed by atoms with van der Waals surface area (Å²) in [5, 5.41) is 13.2. The number of anilines is 1. The molecule has 2 N–H and O–H groups in total. The molecule has 1 fully saturated rings. The van der Waals surface area contributed by atoms with Crippen LogP contribution in [0.4, 0.5) is 10.1 Å². The fourth-order valence-electron chi connectivity index (χ4n) is 4.90. The van der Waals surface area contributed by atoms with Gasteiger partial charge in [0.15, 0.2) is 0 Å². The molecular formula is C28H28FNO4. The van der Waals surface area contributed by atoms with Crippen molar-refractivity contribution in [3.05, 3.63) is 77.6 Å². The van der Waals surface area contributed by atoms with Crippen LogP contribution in [0.25, 0.3) is 11.1 Å². The van der Waals surface area contributed by atoms with Crippen LogP contribution >= 0.6 is 0 Å². The maximum absolute atomic E-state index is 14.4. The van der Waals surface area contributed by atoms with Gasteiger partial charge in [0.2, 0.25) is 0 Å².